The van der Waals surface area contributed by atoms with E-state index in [2.05, 4.69) is 4.90 Å². The molecule has 0 N–H and O–H groups in total. The maximum atomic E-state index is 12.0. The molecule has 1 aliphatic heterocycles. The fourth-order valence-electron chi connectivity index (χ4n) is 2.66. The molecule has 0 saturated carbocycles. The molecule has 1 aromatic heterocycles. The zero-order chi connectivity index (χ0) is 13.8. The summed E-state index contributed by atoms with van der Waals surface area (Å²) in [6, 6.07) is 1.53. The van der Waals surface area contributed by atoms with Crippen LogP contribution < -0.4 is 11.2 Å². The maximum absolute atomic E-state index is 12.0. The van der Waals surface area contributed by atoms with Gasteiger partial charge in [0.05, 0.1) is 0 Å². The van der Waals surface area contributed by atoms with E-state index in [1.165, 1.54) is 43.6 Å². The van der Waals surface area contributed by atoms with Gasteiger partial charge in [-0.05, 0) is 52.2 Å². The predicted octanol–water partition coefficient (Wildman–Crippen LogP) is 0.731. The number of nitrogens with zero attached hydrogens (tertiary/aromatic N) is 3. The van der Waals surface area contributed by atoms with Crippen LogP contribution in [-0.4, -0.2) is 33.7 Å². The van der Waals surface area contributed by atoms with Crippen LogP contribution >= 0.6 is 0 Å². The van der Waals surface area contributed by atoms with Crippen molar-refractivity contribution in [1.29, 1.82) is 0 Å². The van der Waals surface area contributed by atoms with Gasteiger partial charge in [-0.2, -0.15) is 0 Å². The highest BCUT2D eigenvalue weighted by atomic mass is 16.2. The topological polar surface area (TPSA) is 47.2 Å². The Labute approximate surface area is 113 Å². The molecule has 0 atom stereocenters. The molecular weight excluding hydrogens is 242 g/mol. The van der Waals surface area contributed by atoms with Gasteiger partial charge in [-0.25, -0.2) is 4.79 Å². The van der Waals surface area contributed by atoms with Gasteiger partial charge in [-0.15, -0.1) is 0 Å². The van der Waals surface area contributed by atoms with Crippen molar-refractivity contribution in [2.45, 2.75) is 39.2 Å². The minimum absolute atomic E-state index is 0.203. The molecule has 0 amide bonds. The average Bonchev–Trinajstić information content (AvgIpc) is 2.88. The summed E-state index contributed by atoms with van der Waals surface area (Å²) >= 11 is 0. The third-order valence-electron chi connectivity index (χ3n) is 3.91. The second kappa shape index (κ2) is 6.19. The van der Waals surface area contributed by atoms with Gasteiger partial charge in [0.25, 0.3) is 5.56 Å². The Morgan fingerprint density at radius 3 is 2.42 bits per heavy atom. The molecule has 0 unspecified atom stereocenters. The van der Waals surface area contributed by atoms with Crippen molar-refractivity contribution in [3.05, 3.63) is 32.6 Å². The Bertz CT molecular complexity index is 539. The molecule has 5 nitrogen and oxygen atoms in total. The number of rotatable bonds is 5. The Kier molecular flexibility index (Phi) is 4.58. The molecule has 2 heterocycles. The second-order valence-electron chi connectivity index (χ2n) is 5.37. The summed E-state index contributed by atoms with van der Waals surface area (Å²) in [5.41, 5.74) is 0.330. The van der Waals surface area contributed by atoms with E-state index in [4.69, 9.17) is 0 Å². The predicted molar refractivity (Wildman–Crippen MR) is 75.6 cm³/mol. The van der Waals surface area contributed by atoms with Crippen LogP contribution in [0.1, 0.15) is 31.4 Å². The highest BCUT2D eigenvalue weighted by molar-refractivity contribution is 4.99. The van der Waals surface area contributed by atoms with Crippen LogP contribution in [0.4, 0.5) is 0 Å². The molecule has 0 bridgehead atoms. The van der Waals surface area contributed by atoms with E-state index >= 15 is 0 Å². The fourth-order valence-corrected chi connectivity index (χ4v) is 2.66. The van der Waals surface area contributed by atoms with Crippen LogP contribution in [0.25, 0.3) is 0 Å². The first-order valence-electron chi connectivity index (χ1n) is 7.09. The van der Waals surface area contributed by atoms with Crippen LogP contribution in [0, 0.1) is 6.92 Å². The van der Waals surface area contributed by atoms with Gasteiger partial charge in [-0.1, -0.05) is 0 Å². The van der Waals surface area contributed by atoms with Crippen molar-refractivity contribution in [1.82, 2.24) is 14.0 Å². The largest absolute Gasteiger partial charge is 0.330 e. The Hall–Kier alpha value is -1.36. The molecule has 19 heavy (non-hydrogen) atoms. The van der Waals surface area contributed by atoms with Gasteiger partial charge >= 0.3 is 5.69 Å². The van der Waals surface area contributed by atoms with E-state index in [1.807, 2.05) is 6.92 Å². The zero-order valence-electron chi connectivity index (χ0n) is 11.9. The molecule has 1 fully saturated rings. The Morgan fingerprint density at radius 1 is 1.11 bits per heavy atom. The van der Waals surface area contributed by atoms with Gasteiger partial charge in [-0.3, -0.25) is 13.9 Å². The van der Waals surface area contributed by atoms with E-state index in [0.717, 1.165) is 25.1 Å². The van der Waals surface area contributed by atoms with Gasteiger partial charge in [0.15, 0.2) is 0 Å². The molecule has 106 valence electrons. The molecule has 0 radical (unpaired) electrons. The summed E-state index contributed by atoms with van der Waals surface area (Å²) in [7, 11) is 1.53. The summed E-state index contributed by atoms with van der Waals surface area (Å²) in [6.07, 6.45) is 4.73. The average molecular weight is 265 g/mol. The minimum Gasteiger partial charge on any atom is -0.303 e. The second-order valence-corrected chi connectivity index (χ2v) is 5.37. The first kappa shape index (κ1) is 14.1. The van der Waals surface area contributed by atoms with Crippen LogP contribution in [0.2, 0.25) is 0 Å². The fraction of sp³-hybridized carbons (Fsp3) is 0.714. The molecule has 2 rings (SSSR count). The monoisotopic (exact) mass is 265 g/mol. The Balaban J connectivity index is 1.90. The van der Waals surface area contributed by atoms with Crippen molar-refractivity contribution < 1.29 is 0 Å². The maximum Gasteiger partial charge on any atom is 0.330 e. The number of likely N-dealkylation sites (tertiary alicyclic amines) is 1. The van der Waals surface area contributed by atoms with Crippen molar-refractivity contribution in [3.63, 3.8) is 0 Å². The first-order chi connectivity index (χ1) is 9.09. The molecule has 0 aliphatic carbocycles. The van der Waals surface area contributed by atoms with Crippen LogP contribution in [-0.2, 0) is 13.6 Å². The van der Waals surface area contributed by atoms with Crippen LogP contribution in [0.5, 0.6) is 0 Å². The Morgan fingerprint density at radius 2 is 1.74 bits per heavy atom. The van der Waals surface area contributed by atoms with Gasteiger partial charge < -0.3 is 4.90 Å². The first-order valence-corrected chi connectivity index (χ1v) is 7.09. The van der Waals surface area contributed by atoms with Crippen molar-refractivity contribution in [2.75, 3.05) is 19.6 Å². The smallest absolute Gasteiger partial charge is 0.303 e. The summed E-state index contributed by atoms with van der Waals surface area (Å²) in [5.74, 6) is 0. The molecule has 0 aromatic carbocycles. The summed E-state index contributed by atoms with van der Waals surface area (Å²) < 4.78 is 2.87. The van der Waals surface area contributed by atoms with Crippen LogP contribution in [0.3, 0.4) is 0 Å². The lowest BCUT2D eigenvalue weighted by atomic mass is 10.3. The van der Waals surface area contributed by atoms with Gasteiger partial charge in [0.2, 0.25) is 0 Å². The van der Waals surface area contributed by atoms with E-state index < -0.39 is 0 Å². The lowest BCUT2D eigenvalue weighted by molar-refractivity contribution is 0.325. The molecule has 0 spiro atoms. The highest BCUT2D eigenvalue weighted by Gasteiger charge is 2.10. The normalized spacial score (nSPS) is 16.1. The molecule has 1 saturated heterocycles. The van der Waals surface area contributed by atoms with E-state index in [1.54, 1.807) is 4.57 Å². The number of hydrogen-bond donors (Lipinski definition) is 0. The van der Waals surface area contributed by atoms with Crippen LogP contribution in [0.15, 0.2) is 15.7 Å². The van der Waals surface area contributed by atoms with Crippen molar-refractivity contribution >= 4 is 0 Å². The zero-order valence-corrected chi connectivity index (χ0v) is 11.9. The number of aryl methyl sites for hydroxylation is 1. The molecule has 1 aromatic rings. The quantitative estimate of drug-likeness (QED) is 0.737. The number of hydrogen-bond acceptors (Lipinski definition) is 3. The third kappa shape index (κ3) is 3.35. The minimum atomic E-state index is -0.226. The van der Waals surface area contributed by atoms with Gasteiger partial charge in [0, 0.05) is 25.4 Å². The third-order valence-corrected chi connectivity index (χ3v) is 3.91. The van der Waals surface area contributed by atoms with E-state index in [0.29, 0.717) is 6.54 Å². The lowest BCUT2D eigenvalue weighted by Crippen LogP contribution is -2.38. The molecular formula is C14H23N3O2. The van der Waals surface area contributed by atoms with Gasteiger partial charge in [0.1, 0.15) is 0 Å². The molecule has 1 aliphatic rings. The summed E-state index contributed by atoms with van der Waals surface area (Å²) in [5, 5.41) is 0. The lowest BCUT2D eigenvalue weighted by Gasteiger charge is -2.15. The highest BCUT2D eigenvalue weighted by Crippen LogP contribution is 2.08. The SMILES string of the molecule is Cc1cc(=O)n(C)c(=O)n1CCCCN1CCCC1. The standard InChI is InChI=1S/C14H23N3O2/c1-12-11-13(18)15(2)14(19)17(12)10-6-5-9-16-7-3-4-8-16/h11H,3-10H2,1-2H3. The number of unbranched alkanes of at least 4 members (excludes halogenated alkanes) is 1. The van der Waals surface area contributed by atoms with Crippen molar-refractivity contribution in [3.8, 4) is 0 Å². The number of aromatic nitrogens is 2. The van der Waals surface area contributed by atoms with E-state index in [9.17, 15) is 9.59 Å². The summed E-state index contributed by atoms with van der Waals surface area (Å²) in [4.78, 5) is 25.9. The van der Waals surface area contributed by atoms with E-state index in [-0.39, 0.29) is 11.2 Å². The summed E-state index contributed by atoms with van der Waals surface area (Å²) in [6.45, 7) is 6.09. The van der Waals surface area contributed by atoms with Crippen molar-refractivity contribution in [2.24, 2.45) is 7.05 Å². The molecule has 5 heteroatoms.